The van der Waals surface area contributed by atoms with Gasteiger partial charge in [0.25, 0.3) is 0 Å². The summed E-state index contributed by atoms with van der Waals surface area (Å²) >= 11 is 0. The van der Waals surface area contributed by atoms with Crippen LogP contribution in [0.4, 0.5) is 0 Å². The topological polar surface area (TPSA) is 40.5 Å². The second-order valence-electron chi connectivity index (χ2n) is 4.70. The molecule has 1 fully saturated rings. The molecular formula is C10H20O2. The van der Waals surface area contributed by atoms with E-state index < -0.39 is 5.60 Å². The van der Waals surface area contributed by atoms with Crippen LogP contribution in [0.25, 0.3) is 0 Å². The summed E-state index contributed by atoms with van der Waals surface area (Å²) < 4.78 is 0. The molecule has 0 heterocycles. The molecule has 0 amide bonds. The Balaban J connectivity index is 2.86. The molecule has 12 heavy (non-hydrogen) atoms. The number of aliphatic hydroxyl groups excluding tert-OH is 1. The summed E-state index contributed by atoms with van der Waals surface area (Å²) in [6, 6.07) is 0. The second-order valence-corrected chi connectivity index (χ2v) is 4.70. The van der Waals surface area contributed by atoms with Crippen molar-refractivity contribution in [2.75, 3.05) is 6.61 Å². The lowest BCUT2D eigenvalue weighted by atomic mass is 9.60. The van der Waals surface area contributed by atoms with Crippen LogP contribution in [0.3, 0.4) is 0 Å². The lowest BCUT2D eigenvalue weighted by Gasteiger charge is -2.49. The number of hydrogen-bond acceptors (Lipinski definition) is 2. The lowest BCUT2D eigenvalue weighted by Crippen LogP contribution is -2.53. The van der Waals surface area contributed by atoms with E-state index in [4.69, 9.17) is 5.11 Å². The summed E-state index contributed by atoms with van der Waals surface area (Å²) in [6.07, 6.45) is 2.93. The molecule has 1 aliphatic carbocycles. The fraction of sp³-hybridized carbons (Fsp3) is 1.00. The summed E-state index contributed by atoms with van der Waals surface area (Å²) in [4.78, 5) is 0. The Bertz CT molecular complexity index is 162. The van der Waals surface area contributed by atoms with Gasteiger partial charge in [0.2, 0.25) is 0 Å². The van der Waals surface area contributed by atoms with Crippen molar-refractivity contribution in [3.8, 4) is 0 Å². The van der Waals surface area contributed by atoms with Crippen molar-refractivity contribution < 1.29 is 10.2 Å². The molecule has 0 radical (unpaired) electrons. The first-order valence-electron chi connectivity index (χ1n) is 4.77. The summed E-state index contributed by atoms with van der Waals surface area (Å²) in [6.45, 7) is 6.14. The average molecular weight is 172 g/mol. The number of hydrogen-bond donors (Lipinski definition) is 2. The third-order valence-electron chi connectivity index (χ3n) is 3.92. The van der Waals surface area contributed by atoms with E-state index in [2.05, 4.69) is 6.92 Å². The van der Waals surface area contributed by atoms with Crippen LogP contribution in [-0.4, -0.2) is 22.4 Å². The minimum Gasteiger partial charge on any atom is -0.393 e. The monoisotopic (exact) mass is 172 g/mol. The average Bonchev–Trinajstić information content (AvgIpc) is 2.01. The Labute approximate surface area is 74.6 Å². The van der Waals surface area contributed by atoms with Crippen LogP contribution < -0.4 is 0 Å². The molecule has 1 aliphatic rings. The first-order valence-corrected chi connectivity index (χ1v) is 4.77. The van der Waals surface area contributed by atoms with E-state index >= 15 is 0 Å². The minimum absolute atomic E-state index is 0.107. The summed E-state index contributed by atoms with van der Waals surface area (Å²) in [5, 5.41) is 19.3. The zero-order valence-electron chi connectivity index (χ0n) is 8.30. The highest BCUT2D eigenvalue weighted by atomic mass is 16.3. The molecule has 0 bridgehead atoms. The standard InChI is InChI=1S/C10H20O2/c1-8-5-4-6-10(12,7-11)9(8,2)3/h8,11-12H,4-7H2,1-3H3. The largest absolute Gasteiger partial charge is 0.393 e. The molecule has 0 spiro atoms. The first kappa shape index (κ1) is 10.0. The van der Waals surface area contributed by atoms with Crippen molar-refractivity contribution in [3.05, 3.63) is 0 Å². The molecule has 1 rings (SSSR count). The third kappa shape index (κ3) is 1.27. The van der Waals surface area contributed by atoms with E-state index in [9.17, 15) is 5.11 Å². The van der Waals surface area contributed by atoms with E-state index in [-0.39, 0.29) is 12.0 Å². The second kappa shape index (κ2) is 3.00. The van der Waals surface area contributed by atoms with Gasteiger partial charge in [-0.05, 0) is 24.2 Å². The predicted octanol–water partition coefficient (Wildman–Crippen LogP) is 1.56. The van der Waals surface area contributed by atoms with Crippen LogP contribution in [0.2, 0.25) is 0 Å². The first-order chi connectivity index (χ1) is 5.44. The molecule has 72 valence electrons. The molecule has 1 saturated carbocycles. The SMILES string of the molecule is CC1CCCC(O)(CO)C1(C)C. The molecule has 2 nitrogen and oxygen atoms in total. The van der Waals surface area contributed by atoms with Crippen molar-refractivity contribution >= 4 is 0 Å². The summed E-state index contributed by atoms with van der Waals surface area (Å²) in [5.74, 6) is 0.489. The van der Waals surface area contributed by atoms with Gasteiger partial charge >= 0.3 is 0 Å². The van der Waals surface area contributed by atoms with Crippen LogP contribution >= 0.6 is 0 Å². The molecule has 0 aliphatic heterocycles. The maximum Gasteiger partial charge on any atom is 0.0930 e. The van der Waals surface area contributed by atoms with Crippen molar-refractivity contribution in [2.24, 2.45) is 11.3 Å². The van der Waals surface area contributed by atoms with Crippen LogP contribution in [0, 0.1) is 11.3 Å². The molecule has 2 unspecified atom stereocenters. The summed E-state index contributed by atoms with van der Waals surface area (Å²) in [5.41, 5.74) is -1.01. The van der Waals surface area contributed by atoms with E-state index in [0.717, 1.165) is 19.3 Å². The minimum atomic E-state index is -0.856. The van der Waals surface area contributed by atoms with Crippen LogP contribution in [0.5, 0.6) is 0 Å². The zero-order chi connectivity index (χ0) is 9.41. The van der Waals surface area contributed by atoms with Crippen LogP contribution in [0.1, 0.15) is 40.0 Å². The van der Waals surface area contributed by atoms with E-state index in [1.165, 1.54) is 0 Å². The maximum atomic E-state index is 10.1. The Morgan fingerprint density at radius 2 is 2.00 bits per heavy atom. The lowest BCUT2D eigenvalue weighted by molar-refractivity contribution is -0.148. The number of aliphatic hydroxyl groups is 2. The highest BCUT2D eigenvalue weighted by Gasteiger charge is 2.48. The van der Waals surface area contributed by atoms with Crippen LogP contribution in [-0.2, 0) is 0 Å². The molecule has 2 atom stereocenters. The van der Waals surface area contributed by atoms with Crippen molar-refractivity contribution in [1.29, 1.82) is 0 Å². The quantitative estimate of drug-likeness (QED) is 0.630. The van der Waals surface area contributed by atoms with Crippen LogP contribution in [0.15, 0.2) is 0 Å². The van der Waals surface area contributed by atoms with Crippen molar-refractivity contribution in [1.82, 2.24) is 0 Å². The van der Waals surface area contributed by atoms with E-state index in [1.54, 1.807) is 0 Å². The molecule has 2 N–H and O–H groups in total. The molecule has 0 saturated heterocycles. The van der Waals surface area contributed by atoms with Gasteiger partial charge in [-0.1, -0.05) is 27.2 Å². The fourth-order valence-corrected chi connectivity index (χ4v) is 2.13. The van der Waals surface area contributed by atoms with E-state index in [1.807, 2.05) is 13.8 Å². The Morgan fingerprint density at radius 1 is 1.42 bits per heavy atom. The van der Waals surface area contributed by atoms with Gasteiger partial charge < -0.3 is 10.2 Å². The normalized spacial score (nSPS) is 41.2. The van der Waals surface area contributed by atoms with Gasteiger partial charge in [0, 0.05) is 0 Å². The molecule has 0 aromatic carbocycles. The molecule has 0 aromatic rings. The third-order valence-corrected chi connectivity index (χ3v) is 3.92. The van der Waals surface area contributed by atoms with Gasteiger partial charge in [0.05, 0.1) is 12.2 Å². The Hall–Kier alpha value is -0.0800. The highest BCUT2D eigenvalue weighted by Crippen LogP contribution is 2.47. The van der Waals surface area contributed by atoms with Gasteiger partial charge in [0.15, 0.2) is 0 Å². The van der Waals surface area contributed by atoms with Crippen molar-refractivity contribution in [3.63, 3.8) is 0 Å². The van der Waals surface area contributed by atoms with E-state index in [0.29, 0.717) is 5.92 Å². The summed E-state index contributed by atoms with van der Waals surface area (Å²) in [7, 11) is 0. The van der Waals surface area contributed by atoms with Gasteiger partial charge in [-0.15, -0.1) is 0 Å². The molecule has 2 heteroatoms. The van der Waals surface area contributed by atoms with Gasteiger partial charge in [0.1, 0.15) is 0 Å². The molecular weight excluding hydrogens is 152 g/mol. The smallest absolute Gasteiger partial charge is 0.0930 e. The van der Waals surface area contributed by atoms with Crippen molar-refractivity contribution in [2.45, 2.75) is 45.6 Å². The zero-order valence-corrected chi connectivity index (χ0v) is 8.30. The predicted molar refractivity (Wildman–Crippen MR) is 48.8 cm³/mol. The number of rotatable bonds is 1. The Morgan fingerprint density at radius 3 is 2.42 bits per heavy atom. The maximum absolute atomic E-state index is 10.1. The van der Waals surface area contributed by atoms with Gasteiger partial charge in [-0.3, -0.25) is 0 Å². The fourth-order valence-electron chi connectivity index (χ4n) is 2.13. The Kier molecular flexibility index (Phi) is 2.50. The highest BCUT2D eigenvalue weighted by molar-refractivity contribution is 4.98. The molecule has 0 aromatic heterocycles. The van der Waals surface area contributed by atoms with Gasteiger partial charge in [-0.2, -0.15) is 0 Å². The van der Waals surface area contributed by atoms with Gasteiger partial charge in [-0.25, -0.2) is 0 Å².